The Kier molecular flexibility index (Phi) is 5.99. The molecule has 0 aliphatic carbocycles. The summed E-state index contributed by atoms with van der Waals surface area (Å²) in [4.78, 5) is 9.22. The van der Waals surface area contributed by atoms with Gasteiger partial charge in [-0.2, -0.15) is 0 Å². The smallest absolute Gasteiger partial charge is 0.135 e. The van der Waals surface area contributed by atoms with Crippen molar-refractivity contribution in [2.75, 3.05) is 10.6 Å². The lowest BCUT2D eigenvalue weighted by atomic mass is 10.1. The summed E-state index contributed by atoms with van der Waals surface area (Å²) in [7, 11) is 0. The summed E-state index contributed by atoms with van der Waals surface area (Å²) in [5, 5.41) is 6.91. The first-order chi connectivity index (χ1) is 12.8. The number of nitrogens with zero attached hydrogens (tertiary/aromatic N) is 2. The van der Waals surface area contributed by atoms with Crippen molar-refractivity contribution in [1.82, 2.24) is 9.97 Å². The van der Waals surface area contributed by atoms with Crippen molar-refractivity contribution in [3.63, 3.8) is 0 Å². The van der Waals surface area contributed by atoms with Gasteiger partial charge in [-0.15, -0.1) is 6.58 Å². The highest BCUT2D eigenvalue weighted by Gasteiger charge is 2.12. The van der Waals surface area contributed by atoms with Gasteiger partial charge in [0.05, 0.1) is 0 Å². The van der Waals surface area contributed by atoms with E-state index < -0.39 is 0 Å². The van der Waals surface area contributed by atoms with E-state index in [1.807, 2.05) is 49.4 Å². The van der Waals surface area contributed by atoms with Gasteiger partial charge < -0.3 is 10.6 Å². The van der Waals surface area contributed by atoms with E-state index >= 15 is 0 Å². The van der Waals surface area contributed by atoms with Crippen molar-refractivity contribution < 1.29 is 0 Å². The highest BCUT2D eigenvalue weighted by Crippen LogP contribution is 2.23. The summed E-state index contributed by atoms with van der Waals surface area (Å²) < 4.78 is 0. The number of aromatic nitrogens is 2. The van der Waals surface area contributed by atoms with Gasteiger partial charge in [0.25, 0.3) is 0 Å². The van der Waals surface area contributed by atoms with Crippen LogP contribution in [0.4, 0.5) is 11.6 Å². The first-order valence-corrected chi connectivity index (χ1v) is 8.80. The molecule has 0 atom stereocenters. The molecule has 0 saturated carbocycles. The molecule has 3 rings (SSSR count). The average molecular weight is 344 g/mol. The standard InChI is InChI=1S/C22H24N4/c1-3-10-20-21(23-15-18-11-6-4-7-12-18)25-17(2)26-22(20)24-16-19-13-8-5-9-14-19/h3-9,11-14H,1,10,15-16H2,2H3,(H2,23,24,25,26). The zero-order chi connectivity index (χ0) is 18.2. The third-order valence-electron chi connectivity index (χ3n) is 4.07. The maximum atomic E-state index is 4.61. The summed E-state index contributed by atoms with van der Waals surface area (Å²) in [6, 6.07) is 20.6. The summed E-state index contributed by atoms with van der Waals surface area (Å²) in [5.74, 6) is 2.46. The van der Waals surface area contributed by atoms with Gasteiger partial charge in [-0.05, 0) is 24.5 Å². The Balaban J connectivity index is 1.81. The second-order valence-electron chi connectivity index (χ2n) is 6.12. The molecule has 0 bridgehead atoms. The Morgan fingerprint density at radius 1 is 0.808 bits per heavy atom. The van der Waals surface area contributed by atoms with Gasteiger partial charge in [0.2, 0.25) is 0 Å². The van der Waals surface area contributed by atoms with E-state index in [9.17, 15) is 0 Å². The van der Waals surface area contributed by atoms with Crippen molar-refractivity contribution in [2.45, 2.75) is 26.4 Å². The van der Waals surface area contributed by atoms with E-state index in [4.69, 9.17) is 0 Å². The van der Waals surface area contributed by atoms with Crippen molar-refractivity contribution in [1.29, 1.82) is 0 Å². The number of hydrogen-bond donors (Lipinski definition) is 2. The third-order valence-corrected chi connectivity index (χ3v) is 4.07. The van der Waals surface area contributed by atoms with Crippen molar-refractivity contribution in [2.24, 2.45) is 0 Å². The average Bonchev–Trinajstić information content (AvgIpc) is 2.68. The van der Waals surface area contributed by atoms with E-state index in [1.165, 1.54) is 11.1 Å². The van der Waals surface area contributed by atoms with Gasteiger partial charge >= 0.3 is 0 Å². The van der Waals surface area contributed by atoms with Gasteiger partial charge in [-0.25, -0.2) is 9.97 Å². The van der Waals surface area contributed by atoms with Gasteiger partial charge in [-0.1, -0.05) is 66.7 Å². The predicted molar refractivity (Wildman–Crippen MR) is 108 cm³/mol. The van der Waals surface area contributed by atoms with Crippen LogP contribution in [-0.2, 0) is 19.5 Å². The quantitative estimate of drug-likeness (QED) is 0.580. The van der Waals surface area contributed by atoms with Crippen LogP contribution in [-0.4, -0.2) is 9.97 Å². The van der Waals surface area contributed by atoms with Crippen LogP contribution in [0.1, 0.15) is 22.5 Å². The fourth-order valence-electron chi connectivity index (χ4n) is 2.79. The fraction of sp³-hybridized carbons (Fsp3) is 0.182. The molecule has 0 radical (unpaired) electrons. The van der Waals surface area contributed by atoms with E-state index in [-0.39, 0.29) is 0 Å². The first-order valence-electron chi connectivity index (χ1n) is 8.80. The minimum absolute atomic E-state index is 0.703. The molecular formula is C22H24N4. The summed E-state index contributed by atoms with van der Waals surface area (Å²) in [5.41, 5.74) is 3.47. The fourth-order valence-corrected chi connectivity index (χ4v) is 2.79. The molecule has 0 amide bonds. The van der Waals surface area contributed by atoms with Crippen LogP contribution in [0.2, 0.25) is 0 Å². The van der Waals surface area contributed by atoms with Gasteiger partial charge in [0.15, 0.2) is 0 Å². The Morgan fingerprint density at radius 3 is 1.69 bits per heavy atom. The summed E-state index contributed by atoms with van der Waals surface area (Å²) in [6.45, 7) is 7.25. The maximum Gasteiger partial charge on any atom is 0.135 e. The van der Waals surface area contributed by atoms with E-state index in [1.54, 1.807) is 0 Å². The van der Waals surface area contributed by atoms with E-state index in [0.717, 1.165) is 36.1 Å². The molecule has 0 unspecified atom stereocenters. The molecule has 2 aromatic carbocycles. The van der Waals surface area contributed by atoms with Crippen LogP contribution in [0.5, 0.6) is 0 Å². The molecule has 0 aliphatic rings. The topological polar surface area (TPSA) is 49.8 Å². The number of aryl methyl sites for hydroxylation is 1. The number of rotatable bonds is 8. The molecule has 2 N–H and O–H groups in total. The Morgan fingerprint density at radius 2 is 1.27 bits per heavy atom. The molecule has 26 heavy (non-hydrogen) atoms. The number of benzene rings is 2. The Hall–Kier alpha value is -3.14. The number of nitrogens with one attached hydrogen (secondary N) is 2. The summed E-state index contributed by atoms with van der Waals surface area (Å²) >= 11 is 0. The predicted octanol–water partition coefficient (Wildman–Crippen LogP) is 4.74. The lowest BCUT2D eigenvalue weighted by molar-refractivity contribution is 0.972. The van der Waals surface area contributed by atoms with Gasteiger partial charge in [0.1, 0.15) is 17.5 Å². The van der Waals surface area contributed by atoms with Crippen LogP contribution >= 0.6 is 0 Å². The second-order valence-corrected chi connectivity index (χ2v) is 6.12. The highest BCUT2D eigenvalue weighted by atomic mass is 15.1. The van der Waals surface area contributed by atoms with Crippen molar-refractivity contribution in [3.05, 3.63) is 95.8 Å². The molecule has 4 nitrogen and oxygen atoms in total. The largest absolute Gasteiger partial charge is 0.366 e. The number of allylic oxidation sites excluding steroid dienone is 1. The lowest BCUT2D eigenvalue weighted by Crippen LogP contribution is -2.12. The second kappa shape index (κ2) is 8.81. The maximum absolute atomic E-state index is 4.61. The highest BCUT2D eigenvalue weighted by molar-refractivity contribution is 5.59. The van der Waals surface area contributed by atoms with E-state index in [0.29, 0.717) is 6.42 Å². The minimum Gasteiger partial charge on any atom is -0.366 e. The van der Waals surface area contributed by atoms with Crippen molar-refractivity contribution >= 4 is 11.6 Å². The van der Waals surface area contributed by atoms with E-state index in [2.05, 4.69) is 51.4 Å². The molecule has 1 heterocycles. The zero-order valence-electron chi connectivity index (χ0n) is 15.1. The van der Waals surface area contributed by atoms with Gasteiger partial charge in [0, 0.05) is 18.7 Å². The van der Waals surface area contributed by atoms with Crippen molar-refractivity contribution in [3.8, 4) is 0 Å². The number of hydrogen-bond acceptors (Lipinski definition) is 4. The first kappa shape index (κ1) is 17.7. The molecule has 0 aliphatic heterocycles. The third kappa shape index (κ3) is 4.70. The molecule has 4 heteroatoms. The molecule has 0 spiro atoms. The molecule has 1 aromatic heterocycles. The van der Waals surface area contributed by atoms with Crippen LogP contribution in [0.3, 0.4) is 0 Å². The molecule has 3 aromatic rings. The van der Waals surface area contributed by atoms with Crippen LogP contribution < -0.4 is 10.6 Å². The van der Waals surface area contributed by atoms with Crippen LogP contribution in [0, 0.1) is 6.92 Å². The van der Waals surface area contributed by atoms with Crippen LogP contribution in [0.25, 0.3) is 0 Å². The van der Waals surface area contributed by atoms with Gasteiger partial charge in [-0.3, -0.25) is 0 Å². The minimum atomic E-state index is 0.703. The monoisotopic (exact) mass is 344 g/mol. The Bertz CT molecular complexity index is 780. The SMILES string of the molecule is C=CCc1c(NCc2ccccc2)nc(C)nc1NCc1ccccc1. The van der Waals surface area contributed by atoms with Crippen LogP contribution in [0.15, 0.2) is 73.3 Å². The number of anilines is 2. The molecule has 0 saturated heterocycles. The zero-order valence-corrected chi connectivity index (χ0v) is 15.1. The Labute approximate surface area is 155 Å². The molecule has 132 valence electrons. The molecular weight excluding hydrogens is 320 g/mol. The molecule has 0 fully saturated rings. The normalized spacial score (nSPS) is 10.3. The summed E-state index contributed by atoms with van der Waals surface area (Å²) in [6.07, 6.45) is 2.59. The lowest BCUT2D eigenvalue weighted by Gasteiger charge is -2.16.